The molecule has 6 nitrogen and oxygen atoms in total. The largest absolute Gasteiger partial charge is 0.462 e. The van der Waals surface area contributed by atoms with Crippen LogP contribution in [-0.4, -0.2) is 25.2 Å². The Bertz CT molecular complexity index is 1260. The molecule has 3 aromatic carbocycles. The number of nitrogens with zero attached hydrogens (tertiary/aromatic N) is 1. The van der Waals surface area contributed by atoms with Gasteiger partial charge in [-0.1, -0.05) is 60.7 Å². The van der Waals surface area contributed by atoms with Crippen LogP contribution in [0.4, 0.5) is 5.69 Å². The number of carbonyl (C=O) groups excluding carboxylic acids is 2. The van der Waals surface area contributed by atoms with E-state index in [1.54, 1.807) is 32.2 Å². The zero-order valence-electron chi connectivity index (χ0n) is 20.0. The molecular weight excluding hydrogens is 440 g/mol. The third-order valence-electron chi connectivity index (χ3n) is 5.66. The van der Waals surface area contributed by atoms with Crippen LogP contribution in [0, 0.1) is 0 Å². The Kier molecular flexibility index (Phi) is 7.73. The SMILES string of the molecule is CCOC(=O)c1ccc2[nH+]cc(C(=O)OCC)c(N(Cc3ccccc3)Cc3ccccc3)c2c1. The van der Waals surface area contributed by atoms with Gasteiger partial charge in [-0.15, -0.1) is 0 Å². The van der Waals surface area contributed by atoms with Crippen LogP contribution in [0.5, 0.6) is 0 Å². The summed E-state index contributed by atoms with van der Waals surface area (Å²) in [5, 5.41) is 0.743. The molecule has 0 unspecified atom stereocenters. The first-order valence-electron chi connectivity index (χ1n) is 11.8. The van der Waals surface area contributed by atoms with Crippen molar-refractivity contribution in [2.45, 2.75) is 26.9 Å². The number of aromatic amines is 1. The minimum Gasteiger partial charge on any atom is -0.462 e. The van der Waals surface area contributed by atoms with E-state index in [2.05, 4.69) is 34.1 Å². The second-order valence-corrected chi connectivity index (χ2v) is 8.08. The van der Waals surface area contributed by atoms with Crippen molar-refractivity contribution in [2.24, 2.45) is 0 Å². The Hall–Kier alpha value is -4.19. The Morgan fingerprint density at radius 3 is 1.91 bits per heavy atom. The van der Waals surface area contributed by atoms with E-state index in [4.69, 9.17) is 9.47 Å². The molecule has 0 aliphatic heterocycles. The van der Waals surface area contributed by atoms with Gasteiger partial charge in [-0.25, -0.2) is 14.6 Å². The van der Waals surface area contributed by atoms with E-state index in [1.807, 2.05) is 42.5 Å². The highest BCUT2D eigenvalue weighted by molar-refractivity contribution is 6.06. The molecule has 0 aliphatic carbocycles. The van der Waals surface area contributed by atoms with Crippen molar-refractivity contribution >= 4 is 28.5 Å². The van der Waals surface area contributed by atoms with Crippen LogP contribution >= 0.6 is 0 Å². The lowest BCUT2D eigenvalue weighted by atomic mass is 10.0. The minimum absolute atomic E-state index is 0.260. The highest BCUT2D eigenvalue weighted by atomic mass is 16.5. The molecule has 1 heterocycles. The summed E-state index contributed by atoms with van der Waals surface area (Å²) in [6.07, 6.45) is 1.68. The fourth-order valence-electron chi connectivity index (χ4n) is 4.10. The number of hydrogen-bond acceptors (Lipinski definition) is 5. The Balaban J connectivity index is 1.92. The van der Waals surface area contributed by atoms with Crippen LogP contribution < -0.4 is 9.88 Å². The second-order valence-electron chi connectivity index (χ2n) is 8.08. The maximum Gasteiger partial charge on any atom is 0.346 e. The van der Waals surface area contributed by atoms with E-state index < -0.39 is 11.9 Å². The lowest BCUT2D eigenvalue weighted by Crippen LogP contribution is -2.27. The number of anilines is 1. The van der Waals surface area contributed by atoms with E-state index in [0.717, 1.165) is 22.0 Å². The number of ether oxygens (including phenoxy) is 2. The number of pyridine rings is 1. The molecule has 0 aliphatic rings. The molecule has 0 atom stereocenters. The molecule has 0 amide bonds. The zero-order valence-corrected chi connectivity index (χ0v) is 20.0. The maximum absolute atomic E-state index is 13.1. The van der Waals surface area contributed by atoms with Gasteiger partial charge in [-0.05, 0) is 37.1 Å². The summed E-state index contributed by atoms with van der Waals surface area (Å²) in [6.45, 7) is 5.23. The number of H-pyrrole nitrogens is 1. The number of hydrogen-bond donors (Lipinski definition) is 0. The Labute approximate surface area is 205 Å². The zero-order chi connectivity index (χ0) is 24.6. The summed E-state index contributed by atoms with van der Waals surface area (Å²) in [5.41, 5.74) is 4.53. The van der Waals surface area contributed by atoms with Gasteiger partial charge >= 0.3 is 11.9 Å². The monoisotopic (exact) mass is 469 g/mol. The summed E-state index contributed by atoms with van der Waals surface area (Å²) in [7, 11) is 0. The van der Waals surface area contributed by atoms with Crippen LogP contribution in [0.15, 0.2) is 85.1 Å². The molecule has 0 saturated heterocycles. The first-order chi connectivity index (χ1) is 17.1. The van der Waals surface area contributed by atoms with Crippen LogP contribution in [0.2, 0.25) is 0 Å². The van der Waals surface area contributed by atoms with Gasteiger partial charge in [-0.3, -0.25) is 0 Å². The topological polar surface area (TPSA) is 70.0 Å². The molecule has 0 saturated carbocycles. The lowest BCUT2D eigenvalue weighted by Gasteiger charge is -2.27. The van der Waals surface area contributed by atoms with Gasteiger partial charge in [0.1, 0.15) is 5.56 Å². The lowest BCUT2D eigenvalue weighted by molar-refractivity contribution is -0.344. The predicted octanol–water partition coefficient (Wildman–Crippen LogP) is 5.21. The van der Waals surface area contributed by atoms with Gasteiger partial charge in [0.05, 0.1) is 29.9 Å². The molecule has 0 bridgehead atoms. The van der Waals surface area contributed by atoms with Crippen LogP contribution in [0.1, 0.15) is 45.7 Å². The molecule has 1 aromatic heterocycles. The third-order valence-corrected chi connectivity index (χ3v) is 5.66. The summed E-state index contributed by atoms with van der Waals surface area (Å²) in [5.74, 6) is -0.826. The van der Waals surface area contributed by atoms with Gasteiger partial charge in [0.25, 0.3) is 0 Å². The summed E-state index contributed by atoms with van der Waals surface area (Å²) in [4.78, 5) is 31.0. The van der Waals surface area contributed by atoms with Gasteiger partial charge in [0, 0.05) is 19.2 Å². The van der Waals surface area contributed by atoms with Gasteiger partial charge < -0.3 is 14.4 Å². The highest BCUT2D eigenvalue weighted by Gasteiger charge is 2.26. The molecule has 178 valence electrons. The summed E-state index contributed by atoms with van der Waals surface area (Å²) < 4.78 is 10.6. The predicted molar refractivity (Wildman–Crippen MR) is 135 cm³/mol. The van der Waals surface area contributed by atoms with Crippen LogP contribution in [0.3, 0.4) is 0 Å². The molecule has 0 fully saturated rings. The van der Waals surface area contributed by atoms with Gasteiger partial charge in [0.15, 0.2) is 6.20 Å². The highest BCUT2D eigenvalue weighted by Crippen LogP contribution is 2.32. The van der Waals surface area contributed by atoms with Crippen molar-refractivity contribution < 1.29 is 24.0 Å². The quantitative estimate of drug-likeness (QED) is 0.315. The number of carbonyl (C=O) groups is 2. The van der Waals surface area contributed by atoms with E-state index in [-0.39, 0.29) is 13.2 Å². The first kappa shape index (κ1) is 24.0. The second kappa shape index (κ2) is 11.3. The van der Waals surface area contributed by atoms with Crippen molar-refractivity contribution in [3.63, 3.8) is 0 Å². The van der Waals surface area contributed by atoms with Crippen molar-refractivity contribution in [1.82, 2.24) is 0 Å². The number of benzene rings is 3. The fraction of sp³-hybridized carbons (Fsp3) is 0.207. The maximum atomic E-state index is 13.1. The number of fused-ring (bicyclic) bond motifs is 1. The molecule has 6 heteroatoms. The van der Waals surface area contributed by atoms with E-state index in [0.29, 0.717) is 29.9 Å². The Morgan fingerprint density at radius 1 is 0.771 bits per heavy atom. The molecule has 1 N–H and O–H groups in total. The fourth-order valence-corrected chi connectivity index (χ4v) is 4.10. The molecule has 4 aromatic rings. The molecule has 0 spiro atoms. The van der Waals surface area contributed by atoms with E-state index >= 15 is 0 Å². The average Bonchev–Trinajstić information content (AvgIpc) is 2.89. The smallest absolute Gasteiger partial charge is 0.346 e. The third kappa shape index (κ3) is 5.66. The van der Waals surface area contributed by atoms with Crippen LogP contribution in [-0.2, 0) is 22.6 Å². The number of aromatic nitrogens is 1. The number of nitrogens with one attached hydrogen (secondary N) is 1. The number of esters is 2. The average molecular weight is 470 g/mol. The molecule has 0 radical (unpaired) electrons. The van der Waals surface area contributed by atoms with Gasteiger partial charge in [0.2, 0.25) is 5.52 Å². The Morgan fingerprint density at radius 2 is 1.34 bits per heavy atom. The van der Waals surface area contributed by atoms with Crippen molar-refractivity contribution in [2.75, 3.05) is 18.1 Å². The molecule has 4 rings (SSSR count). The van der Waals surface area contributed by atoms with Crippen molar-refractivity contribution in [3.05, 3.63) is 107 Å². The standard InChI is InChI=1S/C29H28N2O4/c1-3-34-28(32)23-15-16-26-24(17-23)27(25(18-30-26)29(33)35-4-2)31(19-21-11-7-5-8-12-21)20-22-13-9-6-10-14-22/h5-18H,3-4,19-20H2,1-2H3/p+1. The number of rotatable bonds is 9. The van der Waals surface area contributed by atoms with Gasteiger partial charge in [-0.2, -0.15) is 0 Å². The first-order valence-corrected chi connectivity index (χ1v) is 11.8. The minimum atomic E-state index is -0.423. The van der Waals surface area contributed by atoms with E-state index in [9.17, 15) is 9.59 Å². The van der Waals surface area contributed by atoms with Crippen molar-refractivity contribution in [1.29, 1.82) is 0 Å². The normalized spacial score (nSPS) is 10.7. The van der Waals surface area contributed by atoms with Crippen molar-refractivity contribution in [3.8, 4) is 0 Å². The summed E-state index contributed by atoms with van der Waals surface area (Å²) >= 11 is 0. The molecular formula is C29H29N2O4+. The summed E-state index contributed by atoms with van der Waals surface area (Å²) in [6, 6.07) is 25.5. The van der Waals surface area contributed by atoms with Crippen LogP contribution in [0.25, 0.3) is 10.9 Å². The van der Waals surface area contributed by atoms with E-state index in [1.165, 1.54) is 0 Å². The molecule has 35 heavy (non-hydrogen) atoms.